The molecule has 0 spiro atoms. The first-order valence-electron chi connectivity index (χ1n) is 5.87. The predicted molar refractivity (Wildman–Crippen MR) is 73.3 cm³/mol. The third kappa shape index (κ3) is 2.66. The summed E-state index contributed by atoms with van der Waals surface area (Å²) in [6.07, 6.45) is 0. The van der Waals surface area contributed by atoms with Gasteiger partial charge in [-0.15, -0.1) is 10.2 Å². The summed E-state index contributed by atoms with van der Waals surface area (Å²) in [6.45, 7) is 2.57. The topological polar surface area (TPSA) is 79.6 Å². The Kier molecular flexibility index (Phi) is 3.31. The first kappa shape index (κ1) is 12.3. The summed E-state index contributed by atoms with van der Waals surface area (Å²) in [7, 11) is 0. The fourth-order valence-electron chi connectivity index (χ4n) is 1.85. The van der Waals surface area contributed by atoms with Crippen LogP contribution in [0.2, 0.25) is 0 Å². The maximum Gasteiger partial charge on any atom is 0.188 e. The van der Waals surface area contributed by atoms with Gasteiger partial charge in [-0.25, -0.2) is 0 Å². The molecule has 2 heterocycles. The normalized spacial score (nSPS) is 12.9. The summed E-state index contributed by atoms with van der Waals surface area (Å²) in [4.78, 5) is 0. The largest absolute Gasteiger partial charge is 0.459 e. The van der Waals surface area contributed by atoms with Crippen molar-refractivity contribution >= 4 is 26.9 Å². The van der Waals surface area contributed by atoms with Gasteiger partial charge < -0.3 is 9.73 Å². The number of H-pyrrole nitrogens is 1. The number of fused-ring (bicyclic) bond motifs is 1. The first-order chi connectivity index (χ1) is 9.22. The van der Waals surface area contributed by atoms with E-state index in [1.807, 2.05) is 31.2 Å². The smallest absolute Gasteiger partial charge is 0.188 e. The van der Waals surface area contributed by atoms with Crippen LogP contribution in [0.1, 0.15) is 24.6 Å². The molecule has 2 N–H and O–H groups in total. The van der Waals surface area contributed by atoms with Crippen molar-refractivity contribution in [1.29, 1.82) is 0 Å². The number of hydrogen-bond donors (Lipinski definition) is 2. The third-order valence-corrected chi connectivity index (χ3v) is 3.37. The van der Waals surface area contributed by atoms with Crippen molar-refractivity contribution in [1.82, 2.24) is 25.9 Å². The summed E-state index contributed by atoms with van der Waals surface area (Å²) in [5.74, 6) is 1.52. The number of hydrogen-bond acceptors (Lipinski definition) is 5. The Morgan fingerprint density at radius 3 is 3.11 bits per heavy atom. The molecule has 98 valence electrons. The van der Waals surface area contributed by atoms with Gasteiger partial charge in [0.2, 0.25) is 0 Å². The van der Waals surface area contributed by atoms with Crippen LogP contribution in [0, 0.1) is 0 Å². The molecule has 2 aromatic heterocycles. The van der Waals surface area contributed by atoms with Crippen molar-refractivity contribution in [2.45, 2.75) is 19.5 Å². The highest BCUT2D eigenvalue weighted by molar-refractivity contribution is 9.10. The Morgan fingerprint density at radius 2 is 2.32 bits per heavy atom. The van der Waals surface area contributed by atoms with E-state index in [2.05, 4.69) is 41.9 Å². The Labute approximate surface area is 117 Å². The molecule has 19 heavy (non-hydrogen) atoms. The summed E-state index contributed by atoms with van der Waals surface area (Å²) < 4.78 is 6.85. The second-order valence-corrected chi connectivity index (χ2v) is 5.18. The van der Waals surface area contributed by atoms with Crippen LogP contribution in [0.15, 0.2) is 33.2 Å². The highest BCUT2D eigenvalue weighted by Crippen LogP contribution is 2.26. The maximum atomic E-state index is 5.81. The van der Waals surface area contributed by atoms with Crippen molar-refractivity contribution in [3.63, 3.8) is 0 Å². The summed E-state index contributed by atoms with van der Waals surface area (Å²) in [5, 5.41) is 18.1. The molecular formula is C12H12BrN5O. The average Bonchev–Trinajstić information content (AvgIpc) is 3.04. The molecule has 1 unspecified atom stereocenters. The zero-order valence-corrected chi connectivity index (χ0v) is 11.8. The van der Waals surface area contributed by atoms with Crippen molar-refractivity contribution in [3.8, 4) is 0 Å². The lowest BCUT2D eigenvalue weighted by molar-refractivity contribution is 0.446. The van der Waals surface area contributed by atoms with E-state index >= 15 is 0 Å². The summed E-state index contributed by atoms with van der Waals surface area (Å²) in [6, 6.07) is 8.06. The van der Waals surface area contributed by atoms with Crippen LogP contribution in [0.5, 0.6) is 0 Å². The zero-order chi connectivity index (χ0) is 13.2. The number of nitrogens with zero attached hydrogens (tertiary/aromatic N) is 3. The van der Waals surface area contributed by atoms with Gasteiger partial charge in [0, 0.05) is 9.86 Å². The van der Waals surface area contributed by atoms with E-state index in [0.717, 1.165) is 21.2 Å². The number of aromatic amines is 1. The first-order valence-corrected chi connectivity index (χ1v) is 6.66. The Morgan fingerprint density at radius 1 is 1.42 bits per heavy atom. The Bertz CT molecular complexity index is 679. The van der Waals surface area contributed by atoms with Gasteiger partial charge in [0.15, 0.2) is 5.82 Å². The number of halogens is 1. The van der Waals surface area contributed by atoms with E-state index in [1.165, 1.54) is 0 Å². The molecule has 1 atom stereocenters. The molecule has 1 aromatic carbocycles. The molecule has 7 heteroatoms. The predicted octanol–water partition coefficient (Wildman–Crippen LogP) is 2.56. The molecule has 3 rings (SSSR count). The third-order valence-electron chi connectivity index (χ3n) is 2.88. The number of aromatic nitrogens is 4. The fourth-order valence-corrected chi connectivity index (χ4v) is 2.23. The number of benzene rings is 1. The van der Waals surface area contributed by atoms with Crippen LogP contribution in [-0.2, 0) is 6.54 Å². The van der Waals surface area contributed by atoms with Gasteiger partial charge in [-0.1, -0.05) is 21.1 Å². The van der Waals surface area contributed by atoms with Gasteiger partial charge in [0.05, 0.1) is 12.6 Å². The van der Waals surface area contributed by atoms with E-state index < -0.39 is 0 Å². The zero-order valence-electron chi connectivity index (χ0n) is 10.2. The highest BCUT2D eigenvalue weighted by atomic mass is 79.9. The van der Waals surface area contributed by atoms with E-state index in [-0.39, 0.29) is 6.04 Å². The molecule has 0 aliphatic heterocycles. The van der Waals surface area contributed by atoms with E-state index in [0.29, 0.717) is 12.4 Å². The van der Waals surface area contributed by atoms with E-state index in [4.69, 9.17) is 4.42 Å². The molecule has 0 amide bonds. The molecule has 3 aromatic rings. The standard InChI is InChI=1S/C12H12BrN5O/c1-7(14-6-12-15-17-18-16-12)11-5-8-4-9(13)2-3-10(8)19-11/h2-5,7,14H,6H2,1H3,(H,15,16,17,18). The molecule has 0 aliphatic carbocycles. The number of rotatable bonds is 4. The highest BCUT2D eigenvalue weighted by Gasteiger charge is 2.12. The minimum atomic E-state index is 0.0738. The molecular weight excluding hydrogens is 310 g/mol. The minimum absolute atomic E-state index is 0.0738. The van der Waals surface area contributed by atoms with Gasteiger partial charge in [-0.05, 0) is 31.2 Å². The van der Waals surface area contributed by atoms with Crippen molar-refractivity contribution < 1.29 is 4.42 Å². The van der Waals surface area contributed by atoms with Crippen LogP contribution in [-0.4, -0.2) is 20.6 Å². The number of tetrazole rings is 1. The number of furan rings is 1. The van der Waals surface area contributed by atoms with Gasteiger partial charge in [0.25, 0.3) is 0 Å². The lowest BCUT2D eigenvalue weighted by Gasteiger charge is -2.08. The van der Waals surface area contributed by atoms with Crippen molar-refractivity contribution in [2.75, 3.05) is 0 Å². The Balaban J connectivity index is 1.75. The minimum Gasteiger partial charge on any atom is -0.459 e. The molecule has 0 saturated carbocycles. The average molecular weight is 322 g/mol. The second kappa shape index (κ2) is 5.10. The van der Waals surface area contributed by atoms with Gasteiger partial charge in [-0.3, -0.25) is 0 Å². The lowest BCUT2D eigenvalue weighted by Crippen LogP contribution is -2.18. The quantitative estimate of drug-likeness (QED) is 0.772. The number of nitrogens with one attached hydrogen (secondary N) is 2. The molecule has 0 bridgehead atoms. The van der Waals surface area contributed by atoms with Crippen LogP contribution < -0.4 is 5.32 Å². The summed E-state index contributed by atoms with van der Waals surface area (Å²) >= 11 is 3.45. The maximum absolute atomic E-state index is 5.81. The molecule has 0 fully saturated rings. The molecule has 6 nitrogen and oxygen atoms in total. The van der Waals surface area contributed by atoms with Crippen LogP contribution in [0.25, 0.3) is 11.0 Å². The molecule has 0 saturated heterocycles. The van der Waals surface area contributed by atoms with Crippen LogP contribution >= 0.6 is 15.9 Å². The van der Waals surface area contributed by atoms with Crippen molar-refractivity contribution in [2.24, 2.45) is 0 Å². The SMILES string of the molecule is CC(NCc1nn[nH]n1)c1cc2cc(Br)ccc2o1. The Hall–Kier alpha value is -1.73. The van der Waals surface area contributed by atoms with E-state index in [9.17, 15) is 0 Å². The summed E-state index contributed by atoms with van der Waals surface area (Å²) in [5.41, 5.74) is 0.881. The van der Waals surface area contributed by atoms with Crippen LogP contribution in [0.4, 0.5) is 0 Å². The second-order valence-electron chi connectivity index (χ2n) is 4.26. The van der Waals surface area contributed by atoms with Crippen molar-refractivity contribution in [3.05, 3.63) is 40.3 Å². The lowest BCUT2D eigenvalue weighted by atomic mass is 10.2. The molecule has 0 aliphatic rings. The van der Waals surface area contributed by atoms with E-state index in [1.54, 1.807) is 0 Å². The monoisotopic (exact) mass is 321 g/mol. The van der Waals surface area contributed by atoms with Gasteiger partial charge in [-0.2, -0.15) is 5.21 Å². The van der Waals surface area contributed by atoms with Gasteiger partial charge in [0.1, 0.15) is 11.3 Å². The van der Waals surface area contributed by atoms with Gasteiger partial charge >= 0.3 is 0 Å². The van der Waals surface area contributed by atoms with Crippen LogP contribution in [0.3, 0.4) is 0 Å². The fraction of sp³-hybridized carbons (Fsp3) is 0.250. The molecule has 0 radical (unpaired) electrons.